The molecule has 8 heteroatoms. The molecule has 0 unspecified atom stereocenters. The second-order valence-electron chi connectivity index (χ2n) is 6.62. The maximum absolute atomic E-state index is 12.2. The van der Waals surface area contributed by atoms with Gasteiger partial charge >= 0.3 is 12.1 Å². The molecule has 2 aliphatic heterocycles. The highest BCUT2D eigenvalue weighted by Gasteiger charge is 2.32. The molecule has 1 atom stereocenters. The highest BCUT2D eigenvalue weighted by Crippen LogP contribution is 2.40. The maximum Gasteiger partial charge on any atom is 0.409 e. The lowest BCUT2D eigenvalue weighted by Crippen LogP contribution is -2.50. The van der Waals surface area contributed by atoms with Crippen LogP contribution >= 0.6 is 0 Å². The number of hydrogen-bond acceptors (Lipinski definition) is 5. The second-order valence-corrected chi connectivity index (χ2v) is 6.62. The van der Waals surface area contributed by atoms with E-state index in [-0.39, 0.29) is 18.2 Å². The molecule has 0 bridgehead atoms. The number of nitrogens with one attached hydrogen (secondary N) is 2. The molecular weight excluding hydrogens is 326 g/mol. The van der Waals surface area contributed by atoms with Gasteiger partial charge in [0.1, 0.15) is 0 Å². The SMILES string of the molecule is COC(=O)N1CCC[C@H](NC(=O)Nc2ccc3c(c2)OC(C)(C)O3)C1. The van der Waals surface area contributed by atoms with Crippen molar-refractivity contribution >= 4 is 17.8 Å². The van der Waals surface area contributed by atoms with E-state index in [2.05, 4.69) is 10.6 Å². The molecule has 0 saturated carbocycles. The Morgan fingerprint density at radius 2 is 2.04 bits per heavy atom. The number of carbonyl (C=O) groups is 2. The number of amides is 3. The van der Waals surface area contributed by atoms with Crippen LogP contribution in [-0.4, -0.2) is 49.1 Å². The van der Waals surface area contributed by atoms with Crippen LogP contribution in [0, 0.1) is 0 Å². The number of anilines is 1. The summed E-state index contributed by atoms with van der Waals surface area (Å²) in [5, 5.41) is 5.67. The molecule has 1 aromatic carbocycles. The zero-order valence-electron chi connectivity index (χ0n) is 14.6. The van der Waals surface area contributed by atoms with E-state index in [0.717, 1.165) is 12.8 Å². The van der Waals surface area contributed by atoms with Gasteiger partial charge in [-0.2, -0.15) is 0 Å². The Labute approximate surface area is 146 Å². The summed E-state index contributed by atoms with van der Waals surface area (Å²) in [6.07, 6.45) is 1.26. The van der Waals surface area contributed by atoms with Crippen LogP contribution in [0.4, 0.5) is 15.3 Å². The number of nitrogens with zero attached hydrogens (tertiary/aromatic N) is 1. The summed E-state index contributed by atoms with van der Waals surface area (Å²) in [4.78, 5) is 25.4. The summed E-state index contributed by atoms with van der Waals surface area (Å²) in [6.45, 7) is 4.73. The van der Waals surface area contributed by atoms with Crippen LogP contribution in [0.5, 0.6) is 11.5 Å². The quantitative estimate of drug-likeness (QED) is 0.856. The molecule has 25 heavy (non-hydrogen) atoms. The third-order valence-corrected chi connectivity index (χ3v) is 4.10. The maximum atomic E-state index is 12.2. The van der Waals surface area contributed by atoms with Crippen molar-refractivity contribution in [1.29, 1.82) is 0 Å². The highest BCUT2D eigenvalue weighted by molar-refractivity contribution is 5.90. The van der Waals surface area contributed by atoms with Crippen LogP contribution < -0.4 is 20.1 Å². The zero-order valence-corrected chi connectivity index (χ0v) is 14.6. The van der Waals surface area contributed by atoms with Gasteiger partial charge in [-0.25, -0.2) is 9.59 Å². The van der Waals surface area contributed by atoms with Gasteiger partial charge in [0, 0.05) is 44.7 Å². The molecule has 8 nitrogen and oxygen atoms in total. The lowest BCUT2D eigenvalue weighted by atomic mass is 10.1. The summed E-state index contributed by atoms with van der Waals surface area (Å²) in [7, 11) is 1.35. The topological polar surface area (TPSA) is 89.1 Å². The first kappa shape index (κ1) is 17.2. The van der Waals surface area contributed by atoms with E-state index in [0.29, 0.717) is 30.3 Å². The number of fused-ring (bicyclic) bond motifs is 1. The molecule has 0 aliphatic carbocycles. The Morgan fingerprint density at radius 1 is 1.28 bits per heavy atom. The number of ether oxygens (including phenoxy) is 3. The van der Waals surface area contributed by atoms with E-state index in [1.807, 2.05) is 13.8 Å². The molecule has 2 N–H and O–H groups in total. The van der Waals surface area contributed by atoms with Crippen molar-refractivity contribution in [2.45, 2.75) is 38.5 Å². The first-order valence-electron chi connectivity index (χ1n) is 8.29. The number of hydrogen-bond donors (Lipinski definition) is 2. The number of likely N-dealkylation sites (tertiary alicyclic amines) is 1. The lowest BCUT2D eigenvalue weighted by Gasteiger charge is -2.32. The van der Waals surface area contributed by atoms with Gasteiger partial charge in [0.15, 0.2) is 11.5 Å². The van der Waals surface area contributed by atoms with Crippen LogP contribution in [0.3, 0.4) is 0 Å². The number of piperidine rings is 1. The smallest absolute Gasteiger partial charge is 0.409 e. The fraction of sp³-hybridized carbons (Fsp3) is 0.529. The third-order valence-electron chi connectivity index (χ3n) is 4.10. The molecule has 0 radical (unpaired) electrons. The Bertz CT molecular complexity index is 676. The van der Waals surface area contributed by atoms with E-state index >= 15 is 0 Å². The molecule has 2 heterocycles. The minimum Gasteiger partial charge on any atom is -0.453 e. The van der Waals surface area contributed by atoms with Crippen molar-refractivity contribution < 1.29 is 23.8 Å². The fourth-order valence-electron chi connectivity index (χ4n) is 3.04. The largest absolute Gasteiger partial charge is 0.453 e. The van der Waals surface area contributed by atoms with Gasteiger partial charge in [-0.3, -0.25) is 0 Å². The van der Waals surface area contributed by atoms with Crippen molar-refractivity contribution in [3.8, 4) is 11.5 Å². The number of methoxy groups -OCH3 is 1. The summed E-state index contributed by atoms with van der Waals surface area (Å²) in [5.41, 5.74) is 0.609. The van der Waals surface area contributed by atoms with E-state index in [9.17, 15) is 9.59 Å². The minimum absolute atomic E-state index is 0.110. The van der Waals surface area contributed by atoms with Crippen molar-refractivity contribution in [2.24, 2.45) is 0 Å². The molecule has 136 valence electrons. The number of urea groups is 1. The van der Waals surface area contributed by atoms with Gasteiger partial charge in [-0.1, -0.05) is 0 Å². The van der Waals surface area contributed by atoms with E-state index in [1.165, 1.54) is 7.11 Å². The van der Waals surface area contributed by atoms with E-state index in [1.54, 1.807) is 23.1 Å². The molecule has 1 fully saturated rings. The second kappa shape index (κ2) is 6.70. The monoisotopic (exact) mass is 349 g/mol. The Kier molecular flexibility index (Phi) is 4.61. The normalized spacial score (nSPS) is 20.8. The highest BCUT2D eigenvalue weighted by atomic mass is 16.7. The summed E-state index contributed by atoms with van der Waals surface area (Å²) < 4.78 is 16.0. The summed E-state index contributed by atoms with van der Waals surface area (Å²) in [6, 6.07) is 4.81. The van der Waals surface area contributed by atoms with Gasteiger partial charge in [-0.15, -0.1) is 0 Å². The third kappa shape index (κ3) is 4.07. The van der Waals surface area contributed by atoms with Crippen molar-refractivity contribution in [2.75, 3.05) is 25.5 Å². The van der Waals surface area contributed by atoms with Gasteiger partial charge < -0.3 is 29.7 Å². The van der Waals surface area contributed by atoms with Crippen LogP contribution in [-0.2, 0) is 4.74 Å². The van der Waals surface area contributed by atoms with E-state index in [4.69, 9.17) is 14.2 Å². The van der Waals surface area contributed by atoms with Gasteiger partial charge in [0.2, 0.25) is 5.79 Å². The van der Waals surface area contributed by atoms with Crippen LogP contribution in [0.2, 0.25) is 0 Å². The molecule has 3 rings (SSSR count). The van der Waals surface area contributed by atoms with E-state index < -0.39 is 5.79 Å². The Hall–Kier alpha value is -2.64. The Balaban J connectivity index is 1.56. The van der Waals surface area contributed by atoms with Gasteiger partial charge in [-0.05, 0) is 25.0 Å². The molecule has 3 amide bonds. The summed E-state index contributed by atoms with van der Waals surface area (Å²) >= 11 is 0. The Morgan fingerprint density at radius 3 is 2.80 bits per heavy atom. The molecule has 2 aliphatic rings. The van der Waals surface area contributed by atoms with Crippen molar-refractivity contribution in [1.82, 2.24) is 10.2 Å². The van der Waals surface area contributed by atoms with Gasteiger partial charge in [0.05, 0.1) is 7.11 Å². The molecule has 1 saturated heterocycles. The van der Waals surface area contributed by atoms with Crippen LogP contribution in [0.15, 0.2) is 18.2 Å². The molecule has 0 spiro atoms. The predicted molar refractivity (Wildman–Crippen MR) is 90.9 cm³/mol. The number of rotatable bonds is 2. The van der Waals surface area contributed by atoms with Crippen LogP contribution in [0.25, 0.3) is 0 Å². The first-order valence-corrected chi connectivity index (χ1v) is 8.29. The van der Waals surface area contributed by atoms with Gasteiger partial charge in [0.25, 0.3) is 0 Å². The molecule has 0 aromatic heterocycles. The fourth-order valence-corrected chi connectivity index (χ4v) is 3.04. The van der Waals surface area contributed by atoms with Crippen molar-refractivity contribution in [3.05, 3.63) is 18.2 Å². The minimum atomic E-state index is -0.706. The first-order chi connectivity index (χ1) is 11.9. The number of benzene rings is 1. The molecular formula is C17H23N3O5. The molecule has 1 aromatic rings. The van der Waals surface area contributed by atoms with Crippen molar-refractivity contribution in [3.63, 3.8) is 0 Å². The zero-order chi connectivity index (χ0) is 18.0. The van der Waals surface area contributed by atoms with Crippen LogP contribution in [0.1, 0.15) is 26.7 Å². The number of carbonyl (C=O) groups excluding carboxylic acids is 2. The predicted octanol–water partition coefficient (Wildman–Crippen LogP) is 2.55. The standard InChI is InChI=1S/C17H23N3O5/c1-17(2)24-13-7-6-11(9-14(13)25-17)18-15(21)19-12-5-4-8-20(10-12)16(22)23-3/h6-7,9,12H,4-5,8,10H2,1-3H3,(H2,18,19,21)/t12-/m0/s1. The lowest BCUT2D eigenvalue weighted by molar-refractivity contribution is -0.0431. The summed E-state index contributed by atoms with van der Waals surface area (Å²) in [5.74, 6) is 0.539. The average molecular weight is 349 g/mol. The average Bonchev–Trinajstić information content (AvgIpc) is 2.87.